The number of nitrogens with zero attached hydrogens (tertiary/aromatic N) is 2. The van der Waals surface area contributed by atoms with Gasteiger partial charge in [0.05, 0.1) is 12.7 Å². The van der Waals surface area contributed by atoms with Crippen molar-refractivity contribution in [3.05, 3.63) is 35.9 Å². The molecule has 1 saturated heterocycles. The molecule has 0 spiro atoms. The summed E-state index contributed by atoms with van der Waals surface area (Å²) in [4.78, 5) is 29.6. The van der Waals surface area contributed by atoms with Crippen molar-refractivity contribution in [1.82, 2.24) is 9.80 Å². The van der Waals surface area contributed by atoms with Crippen LogP contribution in [-0.4, -0.2) is 60.5 Å². The van der Waals surface area contributed by atoms with Crippen molar-refractivity contribution in [3.8, 4) is 0 Å². The molecule has 1 aromatic carbocycles. The maximum Gasteiger partial charge on any atom is 0.253 e. The lowest BCUT2D eigenvalue weighted by atomic mass is 10.1. The molecule has 0 aromatic heterocycles. The van der Waals surface area contributed by atoms with E-state index >= 15 is 0 Å². The molecular weight excluding hydrogens is 340 g/mol. The lowest BCUT2D eigenvalue weighted by Gasteiger charge is -2.37. The van der Waals surface area contributed by atoms with Crippen LogP contribution in [0.25, 0.3) is 0 Å². The third-order valence-electron chi connectivity index (χ3n) is 5.47. The molecular formula is C22H32N2O3. The summed E-state index contributed by atoms with van der Waals surface area (Å²) in [6.45, 7) is 7.25. The minimum atomic E-state index is -0.115. The van der Waals surface area contributed by atoms with E-state index in [0.717, 1.165) is 25.7 Å². The lowest BCUT2D eigenvalue weighted by molar-refractivity contribution is -0.143. The van der Waals surface area contributed by atoms with Gasteiger partial charge in [0.2, 0.25) is 5.91 Å². The summed E-state index contributed by atoms with van der Waals surface area (Å²) in [7, 11) is 0. The zero-order chi connectivity index (χ0) is 19.2. The Morgan fingerprint density at radius 1 is 1.19 bits per heavy atom. The summed E-state index contributed by atoms with van der Waals surface area (Å²) in [5.41, 5.74) is 0.702. The van der Waals surface area contributed by atoms with E-state index in [2.05, 4.69) is 13.8 Å². The van der Waals surface area contributed by atoms with E-state index in [1.165, 1.54) is 0 Å². The molecule has 1 aliphatic heterocycles. The first-order valence-electron chi connectivity index (χ1n) is 10.3. The molecule has 5 heteroatoms. The van der Waals surface area contributed by atoms with Gasteiger partial charge in [-0.25, -0.2) is 0 Å². The fourth-order valence-electron chi connectivity index (χ4n) is 4.15. The zero-order valence-electron chi connectivity index (χ0n) is 16.6. The van der Waals surface area contributed by atoms with Crippen molar-refractivity contribution >= 4 is 11.8 Å². The summed E-state index contributed by atoms with van der Waals surface area (Å²) >= 11 is 0. The Morgan fingerprint density at radius 2 is 1.89 bits per heavy atom. The molecule has 2 aliphatic rings. The lowest BCUT2D eigenvalue weighted by Crippen LogP contribution is -2.52. The summed E-state index contributed by atoms with van der Waals surface area (Å²) < 4.78 is 5.93. The third-order valence-corrected chi connectivity index (χ3v) is 5.47. The number of morpholine rings is 1. The van der Waals surface area contributed by atoms with Gasteiger partial charge < -0.3 is 14.5 Å². The first-order chi connectivity index (χ1) is 13.0. The second-order valence-electron chi connectivity index (χ2n) is 8.23. The van der Waals surface area contributed by atoms with Crippen molar-refractivity contribution in [1.29, 1.82) is 0 Å². The van der Waals surface area contributed by atoms with Crippen LogP contribution < -0.4 is 0 Å². The van der Waals surface area contributed by atoms with Crippen LogP contribution in [0.4, 0.5) is 0 Å². The molecule has 3 rings (SSSR count). The Balaban J connectivity index is 1.64. The molecule has 1 saturated carbocycles. The summed E-state index contributed by atoms with van der Waals surface area (Å²) in [5, 5.41) is 0. The minimum Gasteiger partial charge on any atom is -0.373 e. The van der Waals surface area contributed by atoms with Gasteiger partial charge in [-0.15, -0.1) is 0 Å². The van der Waals surface area contributed by atoms with Gasteiger partial charge in [-0.3, -0.25) is 9.59 Å². The van der Waals surface area contributed by atoms with E-state index in [0.29, 0.717) is 44.3 Å². The highest BCUT2D eigenvalue weighted by Gasteiger charge is 2.32. The maximum atomic E-state index is 13.0. The van der Waals surface area contributed by atoms with Gasteiger partial charge in [0.1, 0.15) is 0 Å². The van der Waals surface area contributed by atoms with E-state index in [1.807, 2.05) is 40.1 Å². The van der Waals surface area contributed by atoms with Gasteiger partial charge in [-0.2, -0.15) is 0 Å². The maximum absolute atomic E-state index is 13.0. The Bertz CT molecular complexity index is 626. The highest BCUT2D eigenvalue weighted by Crippen LogP contribution is 2.27. The summed E-state index contributed by atoms with van der Waals surface area (Å²) in [5.74, 6) is 0.886. The zero-order valence-corrected chi connectivity index (χ0v) is 16.6. The Labute approximate surface area is 162 Å². The first kappa shape index (κ1) is 19.9. The molecule has 27 heavy (non-hydrogen) atoms. The van der Waals surface area contributed by atoms with Gasteiger partial charge in [0.15, 0.2) is 0 Å². The number of hydrogen-bond donors (Lipinski definition) is 0. The quantitative estimate of drug-likeness (QED) is 0.770. The number of rotatable bonds is 6. The Hall–Kier alpha value is -1.88. The average Bonchev–Trinajstić information content (AvgIpc) is 3.21. The molecule has 0 radical (unpaired) electrons. The van der Waals surface area contributed by atoms with Crippen molar-refractivity contribution in [2.45, 2.75) is 45.6 Å². The topological polar surface area (TPSA) is 49.9 Å². The van der Waals surface area contributed by atoms with E-state index in [1.54, 1.807) is 0 Å². The van der Waals surface area contributed by atoms with Crippen molar-refractivity contribution in [2.24, 2.45) is 11.8 Å². The van der Waals surface area contributed by atoms with Crippen LogP contribution in [0.5, 0.6) is 0 Å². The number of carbonyl (C=O) groups is 2. The minimum absolute atomic E-state index is 0.0344. The number of hydrogen-bond acceptors (Lipinski definition) is 3. The molecule has 1 aliphatic carbocycles. The molecule has 148 valence electrons. The predicted molar refractivity (Wildman–Crippen MR) is 105 cm³/mol. The molecule has 1 aromatic rings. The highest BCUT2D eigenvalue weighted by molar-refractivity contribution is 5.94. The van der Waals surface area contributed by atoms with Crippen LogP contribution >= 0.6 is 0 Å². The Kier molecular flexibility index (Phi) is 6.89. The van der Waals surface area contributed by atoms with Crippen molar-refractivity contribution < 1.29 is 14.3 Å². The SMILES string of the molecule is CC(C)CN(C[C@H]1CN(C(=O)C2CCCC2)CCO1)C(=O)c1ccccc1. The van der Waals surface area contributed by atoms with Crippen LogP contribution in [-0.2, 0) is 9.53 Å². The predicted octanol–water partition coefficient (Wildman–Crippen LogP) is 3.20. The first-order valence-corrected chi connectivity index (χ1v) is 10.3. The molecule has 2 fully saturated rings. The second kappa shape index (κ2) is 9.36. The van der Waals surface area contributed by atoms with Gasteiger partial charge in [-0.05, 0) is 30.9 Å². The number of benzene rings is 1. The van der Waals surface area contributed by atoms with Crippen LogP contribution in [0.1, 0.15) is 49.9 Å². The number of ether oxygens (including phenoxy) is 1. The highest BCUT2D eigenvalue weighted by atomic mass is 16.5. The molecule has 1 atom stereocenters. The van der Waals surface area contributed by atoms with Crippen LogP contribution in [0.2, 0.25) is 0 Å². The smallest absolute Gasteiger partial charge is 0.253 e. The fourth-order valence-corrected chi connectivity index (χ4v) is 4.15. The normalized spacial score (nSPS) is 20.9. The second-order valence-corrected chi connectivity index (χ2v) is 8.23. The van der Waals surface area contributed by atoms with E-state index in [-0.39, 0.29) is 23.8 Å². The number of amides is 2. The largest absolute Gasteiger partial charge is 0.373 e. The standard InChI is InChI=1S/C22H32N2O3/c1-17(2)14-24(22(26)19-8-4-3-5-9-19)16-20-15-23(12-13-27-20)21(25)18-10-6-7-11-18/h3-5,8-9,17-18,20H,6-7,10-16H2,1-2H3/t20-/m1/s1. The van der Waals surface area contributed by atoms with Crippen LogP contribution in [0.3, 0.4) is 0 Å². The van der Waals surface area contributed by atoms with Crippen molar-refractivity contribution in [2.75, 3.05) is 32.8 Å². The summed E-state index contributed by atoms with van der Waals surface area (Å²) in [6.07, 6.45) is 4.26. The molecule has 0 N–H and O–H groups in total. The van der Waals surface area contributed by atoms with Gasteiger partial charge in [0.25, 0.3) is 5.91 Å². The van der Waals surface area contributed by atoms with Gasteiger partial charge in [0, 0.05) is 37.7 Å². The molecule has 2 amide bonds. The fraction of sp³-hybridized carbons (Fsp3) is 0.636. The van der Waals surface area contributed by atoms with Crippen molar-refractivity contribution in [3.63, 3.8) is 0 Å². The monoisotopic (exact) mass is 372 g/mol. The molecule has 0 bridgehead atoms. The van der Waals surface area contributed by atoms with E-state index < -0.39 is 0 Å². The van der Waals surface area contributed by atoms with Gasteiger partial charge in [-0.1, -0.05) is 44.9 Å². The van der Waals surface area contributed by atoms with Crippen LogP contribution in [0, 0.1) is 11.8 Å². The van der Waals surface area contributed by atoms with E-state index in [9.17, 15) is 9.59 Å². The summed E-state index contributed by atoms with van der Waals surface area (Å²) in [6, 6.07) is 9.40. The molecule has 1 heterocycles. The number of carbonyl (C=O) groups excluding carboxylic acids is 2. The Morgan fingerprint density at radius 3 is 2.56 bits per heavy atom. The third kappa shape index (κ3) is 5.32. The average molecular weight is 373 g/mol. The van der Waals surface area contributed by atoms with E-state index in [4.69, 9.17) is 4.74 Å². The molecule has 5 nitrogen and oxygen atoms in total. The van der Waals surface area contributed by atoms with Crippen LogP contribution in [0.15, 0.2) is 30.3 Å². The molecule has 0 unspecified atom stereocenters. The van der Waals surface area contributed by atoms with Gasteiger partial charge >= 0.3 is 0 Å².